The van der Waals surface area contributed by atoms with Crippen LogP contribution in [0.4, 0.5) is 0 Å². The summed E-state index contributed by atoms with van der Waals surface area (Å²) in [5.41, 5.74) is -0.302. The van der Waals surface area contributed by atoms with Gasteiger partial charge in [0.25, 0.3) is 0 Å². The number of hydrogen-bond donors (Lipinski definition) is 0. The van der Waals surface area contributed by atoms with E-state index in [2.05, 4.69) is 12.0 Å². The summed E-state index contributed by atoms with van der Waals surface area (Å²) in [6.07, 6.45) is 4.71. The Morgan fingerprint density at radius 2 is 1.69 bits per heavy atom. The lowest BCUT2D eigenvalue weighted by molar-refractivity contribution is -0.538. The number of hydrogen-bond acceptors (Lipinski definition) is 3. The van der Waals surface area contributed by atoms with Gasteiger partial charge in [-0.05, 0) is 27.2 Å². The molecule has 0 aromatic rings. The minimum absolute atomic E-state index is 0.302. The lowest BCUT2D eigenvalue weighted by Crippen LogP contribution is -2.19. The van der Waals surface area contributed by atoms with E-state index in [9.17, 15) is 0 Å². The van der Waals surface area contributed by atoms with Gasteiger partial charge in [0.1, 0.15) is 0 Å². The van der Waals surface area contributed by atoms with E-state index < -0.39 is 0 Å². The van der Waals surface area contributed by atoms with Crippen molar-refractivity contribution < 1.29 is 14.8 Å². The monoisotopic (exact) mass is 190 g/mol. The van der Waals surface area contributed by atoms with E-state index in [1.165, 1.54) is 19.3 Å². The highest BCUT2D eigenvalue weighted by Gasteiger charge is 2.11. The molecule has 3 nitrogen and oxygen atoms in total. The van der Waals surface area contributed by atoms with Gasteiger partial charge in [-0.15, -0.1) is 0 Å². The van der Waals surface area contributed by atoms with Crippen LogP contribution < -0.4 is 0 Å². The highest BCUT2D eigenvalue weighted by Crippen LogP contribution is 2.07. The molecule has 0 N–H and O–H groups in total. The van der Waals surface area contributed by atoms with Crippen molar-refractivity contribution in [2.24, 2.45) is 0 Å². The Kier molecular flexibility index (Phi) is 7.23. The van der Waals surface area contributed by atoms with Crippen LogP contribution in [0, 0.1) is 0 Å². The van der Waals surface area contributed by atoms with Crippen molar-refractivity contribution >= 4 is 0 Å². The van der Waals surface area contributed by atoms with Crippen molar-refractivity contribution in [3.05, 3.63) is 0 Å². The molecule has 0 fully saturated rings. The van der Waals surface area contributed by atoms with E-state index in [1.54, 1.807) is 0 Å². The molecule has 0 radical (unpaired) electrons. The largest absolute Gasteiger partial charge is 0.206 e. The van der Waals surface area contributed by atoms with Gasteiger partial charge in [0, 0.05) is 0 Å². The maximum atomic E-state index is 4.91. The Labute approximate surface area is 81.2 Å². The molecule has 0 aromatic carbocycles. The maximum Gasteiger partial charge on any atom is 0.0983 e. The molecule has 0 aliphatic carbocycles. The number of unbranched alkanes of at least 4 members (excludes halogenated alkanes) is 3. The molecule has 0 aliphatic rings. The van der Waals surface area contributed by atoms with Crippen LogP contribution in [0.5, 0.6) is 0 Å². The first-order chi connectivity index (χ1) is 6.06. The molecule has 0 rings (SSSR count). The Morgan fingerprint density at radius 1 is 1.00 bits per heavy atom. The van der Waals surface area contributed by atoms with Gasteiger partial charge < -0.3 is 0 Å². The van der Waals surface area contributed by atoms with Crippen molar-refractivity contribution in [2.75, 3.05) is 6.61 Å². The van der Waals surface area contributed by atoms with Crippen LogP contribution in [0.15, 0.2) is 0 Å². The summed E-state index contributed by atoms with van der Waals surface area (Å²) in [5, 5.41) is 4.58. The lowest BCUT2D eigenvalue weighted by Gasteiger charge is -2.15. The average molecular weight is 190 g/mol. The van der Waals surface area contributed by atoms with Crippen LogP contribution in [0.1, 0.15) is 53.4 Å². The molecule has 80 valence electrons. The molecule has 0 aliphatic heterocycles. The molecule has 3 heteroatoms. The number of rotatable bonds is 7. The van der Waals surface area contributed by atoms with Crippen LogP contribution in [-0.2, 0) is 14.8 Å². The molecular formula is C10H22O3. The van der Waals surface area contributed by atoms with Gasteiger partial charge in [-0.3, -0.25) is 0 Å². The fraction of sp³-hybridized carbons (Fsp3) is 1.00. The Morgan fingerprint density at radius 3 is 2.23 bits per heavy atom. The zero-order valence-corrected chi connectivity index (χ0v) is 9.26. The molecule has 0 atom stereocenters. The molecule has 0 saturated carbocycles. The van der Waals surface area contributed by atoms with Crippen LogP contribution in [0.3, 0.4) is 0 Å². The van der Waals surface area contributed by atoms with E-state index in [1.807, 2.05) is 20.8 Å². The fourth-order valence-corrected chi connectivity index (χ4v) is 0.748. The zero-order chi connectivity index (χ0) is 10.2. The summed E-state index contributed by atoms with van der Waals surface area (Å²) in [6.45, 7) is 8.52. The normalized spacial score (nSPS) is 12.0. The van der Waals surface area contributed by atoms with Crippen LogP contribution in [0.25, 0.3) is 0 Å². The lowest BCUT2D eigenvalue weighted by atomic mass is 10.2. The predicted octanol–water partition coefficient (Wildman–Crippen LogP) is 3.25. The van der Waals surface area contributed by atoms with E-state index in [4.69, 9.17) is 9.78 Å². The highest BCUT2D eigenvalue weighted by molar-refractivity contribution is 4.53. The van der Waals surface area contributed by atoms with Gasteiger partial charge in [-0.1, -0.05) is 31.2 Å². The summed E-state index contributed by atoms with van der Waals surface area (Å²) < 4.78 is 0. The second-order valence-electron chi connectivity index (χ2n) is 4.15. The summed E-state index contributed by atoms with van der Waals surface area (Å²) >= 11 is 0. The van der Waals surface area contributed by atoms with Gasteiger partial charge in [-0.2, -0.15) is 0 Å². The second kappa shape index (κ2) is 7.30. The molecular weight excluding hydrogens is 168 g/mol. The summed E-state index contributed by atoms with van der Waals surface area (Å²) in [7, 11) is 0. The fourth-order valence-electron chi connectivity index (χ4n) is 0.748. The SMILES string of the molecule is CCCCCCOOOC(C)(C)C. The van der Waals surface area contributed by atoms with E-state index in [0.29, 0.717) is 6.61 Å². The smallest absolute Gasteiger partial charge is 0.0983 e. The first kappa shape index (κ1) is 12.9. The Bertz CT molecular complexity index is 107. The van der Waals surface area contributed by atoms with Crippen molar-refractivity contribution in [1.29, 1.82) is 0 Å². The molecule has 0 saturated heterocycles. The third-order valence-electron chi connectivity index (χ3n) is 1.41. The van der Waals surface area contributed by atoms with Gasteiger partial charge in [-0.25, -0.2) is 9.78 Å². The van der Waals surface area contributed by atoms with Crippen LogP contribution >= 0.6 is 0 Å². The molecule has 0 amide bonds. The van der Waals surface area contributed by atoms with Crippen molar-refractivity contribution in [3.63, 3.8) is 0 Å². The maximum absolute atomic E-state index is 4.91. The quantitative estimate of drug-likeness (QED) is 0.350. The van der Waals surface area contributed by atoms with Gasteiger partial charge in [0.05, 0.1) is 12.2 Å². The van der Waals surface area contributed by atoms with Crippen molar-refractivity contribution in [3.8, 4) is 0 Å². The zero-order valence-electron chi connectivity index (χ0n) is 9.26. The summed E-state index contributed by atoms with van der Waals surface area (Å²) in [6, 6.07) is 0. The summed E-state index contributed by atoms with van der Waals surface area (Å²) in [4.78, 5) is 9.75. The standard InChI is InChI=1S/C10H22O3/c1-5-6-7-8-9-11-13-12-10(2,3)4/h5-9H2,1-4H3. The molecule has 0 unspecified atom stereocenters. The Balaban J connectivity index is 3.00. The van der Waals surface area contributed by atoms with Gasteiger partial charge in [0.15, 0.2) is 0 Å². The Hall–Kier alpha value is -0.120. The van der Waals surface area contributed by atoms with Crippen molar-refractivity contribution in [2.45, 2.75) is 59.0 Å². The second-order valence-corrected chi connectivity index (χ2v) is 4.15. The molecule has 0 spiro atoms. The third kappa shape index (κ3) is 11.9. The first-order valence-corrected chi connectivity index (χ1v) is 5.03. The summed E-state index contributed by atoms with van der Waals surface area (Å²) in [5.74, 6) is 0. The van der Waals surface area contributed by atoms with Crippen molar-refractivity contribution in [1.82, 2.24) is 0 Å². The molecule has 13 heavy (non-hydrogen) atoms. The molecule has 0 heterocycles. The van der Waals surface area contributed by atoms with E-state index >= 15 is 0 Å². The van der Waals surface area contributed by atoms with Gasteiger partial charge in [0.2, 0.25) is 0 Å². The minimum Gasteiger partial charge on any atom is -0.206 e. The van der Waals surface area contributed by atoms with E-state index in [0.717, 1.165) is 6.42 Å². The topological polar surface area (TPSA) is 27.7 Å². The minimum atomic E-state index is -0.302. The first-order valence-electron chi connectivity index (χ1n) is 5.03. The molecule has 0 bridgehead atoms. The van der Waals surface area contributed by atoms with E-state index in [-0.39, 0.29) is 5.60 Å². The third-order valence-corrected chi connectivity index (χ3v) is 1.41. The van der Waals surface area contributed by atoms with Crippen LogP contribution in [-0.4, -0.2) is 12.2 Å². The predicted molar refractivity (Wildman–Crippen MR) is 52.0 cm³/mol. The molecule has 0 aromatic heterocycles. The highest BCUT2D eigenvalue weighted by atomic mass is 17.5. The van der Waals surface area contributed by atoms with Gasteiger partial charge >= 0.3 is 0 Å². The average Bonchev–Trinajstić information content (AvgIpc) is 2.01. The van der Waals surface area contributed by atoms with Crippen LogP contribution in [0.2, 0.25) is 0 Å².